The lowest BCUT2D eigenvalue weighted by atomic mass is 10.2. The number of carbonyl (C=O) groups is 2. The van der Waals surface area contributed by atoms with E-state index >= 15 is 0 Å². The molecule has 1 aromatic rings. The second-order valence-corrected chi connectivity index (χ2v) is 5.15. The van der Waals surface area contributed by atoms with Gasteiger partial charge in [0.25, 0.3) is 0 Å². The first-order valence-electron chi connectivity index (χ1n) is 8.29. The van der Waals surface area contributed by atoms with Crippen molar-refractivity contribution in [2.75, 3.05) is 6.61 Å². The maximum Gasteiger partial charge on any atom is 0.311 e. The number of esters is 2. The maximum absolute atomic E-state index is 11.6. The third-order valence-corrected chi connectivity index (χ3v) is 3.22. The van der Waals surface area contributed by atoms with Gasteiger partial charge in [-0.2, -0.15) is 0 Å². The molecule has 0 aliphatic rings. The summed E-state index contributed by atoms with van der Waals surface area (Å²) in [6, 6.07) is 5.01. The van der Waals surface area contributed by atoms with E-state index in [2.05, 4.69) is 6.92 Å². The van der Waals surface area contributed by atoms with Crippen LogP contribution in [0.25, 0.3) is 0 Å². The molecule has 1 rings (SSSR count). The molecule has 128 valence electrons. The van der Waals surface area contributed by atoms with Crippen LogP contribution in [0.3, 0.4) is 0 Å². The summed E-state index contributed by atoms with van der Waals surface area (Å²) in [6.07, 6.45) is 4.80. The predicted molar refractivity (Wildman–Crippen MR) is 87.9 cm³/mol. The largest absolute Gasteiger partial charge is 0.490 e. The Kier molecular flexibility index (Phi) is 8.80. The lowest BCUT2D eigenvalue weighted by molar-refractivity contribution is -0.136. The van der Waals surface area contributed by atoms with Gasteiger partial charge in [0.15, 0.2) is 11.5 Å². The highest BCUT2D eigenvalue weighted by Crippen LogP contribution is 2.38. The molecule has 0 saturated heterocycles. The number of hydrogen-bond acceptors (Lipinski definition) is 5. The fourth-order valence-electron chi connectivity index (χ4n) is 1.88. The van der Waals surface area contributed by atoms with Crippen LogP contribution in [0.2, 0.25) is 0 Å². The van der Waals surface area contributed by atoms with Crippen molar-refractivity contribution in [1.29, 1.82) is 0 Å². The number of unbranched alkanes of at least 4 members (excludes halogenated alkanes) is 3. The Bertz CT molecular complexity index is 510. The Labute approximate surface area is 137 Å². The van der Waals surface area contributed by atoms with Gasteiger partial charge in [0.1, 0.15) is 0 Å². The summed E-state index contributed by atoms with van der Waals surface area (Å²) >= 11 is 0. The number of para-hydroxylation sites is 1. The molecule has 5 nitrogen and oxygen atoms in total. The number of ether oxygens (including phenoxy) is 3. The number of rotatable bonds is 10. The van der Waals surface area contributed by atoms with Crippen LogP contribution in [0.5, 0.6) is 17.2 Å². The van der Waals surface area contributed by atoms with E-state index in [1.807, 2.05) is 0 Å². The van der Waals surface area contributed by atoms with Gasteiger partial charge in [-0.05, 0) is 18.6 Å². The zero-order valence-electron chi connectivity index (χ0n) is 14.2. The van der Waals surface area contributed by atoms with Crippen LogP contribution in [0.4, 0.5) is 0 Å². The molecule has 0 heterocycles. The van der Waals surface area contributed by atoms with Gasteiger partial charge in [-0.15, -0.1) is 0 Å². The van der Waals surface area contributed by atoms with E-state index in [0.717, 1.165) is 25.7 Å². The first-order valence-corrected chi connectivity index (χ1v) is 8.29. The van der Waals surface area contributed by atoms with E-state index in [0.29, 0.717) is 12.4 Å². The van der Waals surface area contributed by atoms with Crippen molar-refractivity contribution in [1.82, 2.24) is 0 Å². The lowest BCUT2D eigenvalue weighted by Gasteiger charge is -2.14. The SMILES string of the molecule is CCCCCCOc1cccc(OC(=O)CC)c1OC(=O)CC. The molecule has 0 unspecified atom stereocenters. The number of hydrogen-bond donors (Lipinski definition) is 0. The molecule has 0 aliphatic carbocycles. The average molecular weight is 322 g/mol. The van der Waals surface area contributed by atoms with Crippen molar-refractivity contribution in [2.24, 2.45) is 0 Å². The molecule has 0 bridgehead atoms. The van der Waals surface area contributed by atoms with Gasteiger partial charge in [-0.25, -0.2) is 0 Å². The van der Waals surface area contributed by atoms with Gasteiger partial charge in [-0.3, -0.25) is 9.59 Å². The van der Waals surface area contributed by atoms with Crippen molar-refractivity contribution in [3.05, 3.63) is 18.2 Å². The molecule has 0 aromatic heterocycles. The Hall–Kier alpha value is -2.04. The van der Waals surface area contributed by atoms with E-state index in [9.17, 15) is 9.59 Å². The normalized spacial score (nSPS) is 10.2. The smallest absolute Gasteiger partial charge is 0.311 e. The highest BCUT2D eigenvalue weighted by molar-refractivity contribution is 5.77. The Morgan fingerprint density at radius 3 is 2.17 bits per heavy atom. The minimum Gasteiger partial charge on any atom is -0.490 e. The van der Waals surface area contributed by atoms with E-state index < -0.39 is 5.97 Å². The molecule has 0 atom stereocenters. The maximum atomic E-state index is 11.6. The standard InChI is InChI=1S/C18H26O5/c1-4-7-8-9-13-21-14-11-10-12-15(22-16(19)5-2)18(14)23-17(20)6-3/h10-12H,4-9,13H2,1-3H3. The van der Waals surface area contributed by atoms with Crippen LogP contribution < -0.4 is 14.2 Å². The monoisotopic (exact) mass is 322 g/mol. The molecular formula is C18H26O5. The molecular weight excluding hydrogens is 296 g/mol. The zero-order chi connectivity index (χ0) is 17.1. The molecule has 23 heavy (non-hydrogen) atoms. The fourth-order valence-corrected chi connectivity index (χ4v) is 1.88. The quantitative estimate of drug-likeness (QED) is 0.365. The third-order valence-electron chi connectivity index (χ3n) is 3.22. The van der Waals surface area contributed by atoms with Crippen molar-refractivity contribution in [3.8, 4) is 17.2 Å². The molecule has 0 N–H and O–H groups in total. The van der Waals surface area contributed by atoms with E-state index in [1.54, 1.807) is 32.0 Å². The lowest BCUT2D eigenvalue weighted by Crippen LogP contribution is -2.12. The van der Waals surface area contributed by atoms with E-state index in [-0.39, 0.29) is 30.3 Å². The molecule has 0 aliphatic heterocycles. The van der Waals surface area contributed by atoms with Crippen molar-refractivity contribution >= 4 is 11.9 Å². The Morgan fingerprint density at radius 1 is 0.870 bits per heavy atom. The molecule has 0 radical (unpaired) electrons. The first-order chi connectivity index (χ1) is 11.1. The molecule has 0 spiro atoms. The van der Waals surface area contributed by atoms with Crippen LogP contribution >= 0.6 is 0 Å². The molecule has 0 amide bonds. The fraction of sp³-hybridized carbons (Fsp3) is 0.556. The second kappa shape index (κ2) is 10.6. The van der Waals surface area contributed by atoms with E-state index in [1.165, 1.54) is 0 Å². The minimum atomic E-state index is -0.402. The topological polar surface area (TPSA) is 61.8 Å². The highest BCUT2D eigenvalue weighted by atomic mass is 16.6. The van der Waals surface area contributed by atoms with E-state index in [4.69, 9.17) is 14.2 Å². The van der Waals surface area contributed by atoms with Gasteiger partial charge >= 0.3 is 11.9 Å². The van der Waals surface area contributed by atoms with Gasteiger partial charge in [0.05, 0.1) is 6.61 Å². The predicted octanol–water partition coefficient (Wildman–Crippen LogP) is 4.28. The number of carbonyl (C=O) groups excluding carboxylic acids is 2. The third kappa shape index (κ3) is 6.72. The molecule has 5 heteroatoms. The summed E-state index contributed by atoms with van der Waals surface area (Å²) in [5.74, 6) is 0.0192. The van der Waals surface area contributed by atoms with Crippen molar-refractivity contribution < 1.29 is 23.8 Å². The second-order valence-electron chi connectivity index (χ2n) is 5.15. The minimum absolute atomic E-state index is 0.177. The van der Waals surface area contributed by atoms with Crippen molar-refractivity contribution in [2.45, 2.75) is 59.3 Å². The Morgan fingerprint density at radius 2 is 1.52 bits per heavy atom. The summed E-state index contributed by atoms with van der Waals surface area (Å²) < 4.78 is 16.3. The van der Waals surface area contributed by atoms with Gasteiger partial charge < -0.3 is 14.2 Å². The van der Waals surface area contributed by atoms with Gasteiger partial charge in [0, 0.05) is 12.8 Å². The van der Waals surface area contributed by atoms with Crippen LogP contribution in [0.15, 0.2) is 18.2 Å². The van der Waals surface area contributed by atoms with Crippen LogP contribution in [0, 0.1) is 0 Å². The summed E-state index contributed by atoms with van der Waals surface area (Å²) in [5, 5.41) is 0. The van der Waals surface area contributed by atoms with Gasteiger partial charge in [-0.1, -0.05) is 46.1 Å². The van der Waals surface area contributed by atoms with Crippen LogP contribution in [0.1, 0.15) is 59.3 Å². The molecule has 0 fully saturated rings. The summed E-state index contributed by atoms with van der Waals surface area (Å²) in [7, 11) is 0. The Balaban J connectivity index is 2.86. The van der Waals surface area contributed by atoms with Crippen LogP contribution in [-0.4, -0.2) is 18.5 Å². The zero-order valence-corrected chi connectivity index (χ0v) is 14.2. The van der Waals surface area contributed by atoms with Gasteiger partial charge in [0.2, 0.25) is 5.75 Å². The average Bonchev–Trinajstić information content (AvgIpc) is 2.56. The molecule has 0 saturated carbocycles. The highest BCUT2D eigenvalue weighted by Gasteiger charge is 2.17. The van der Waals surface area contributed by atoms with Crippen molar-refractivity contribution in [3.63, 3.8) is 0 Å². The molecule has 1 aromatic carbocycles. The summed E-state index contributed by atoms with van der Waals surface area (Å²) in [5.41, 5.74) is 0. The number of benzene rings is 1. The summed E-state index contributed by atoms with van der Waals surface area (Å²) in [4.78, 5) is 23.2. The first kappa shape index (κ1) is 19.0. The van der Waals surface area contributed by atoms with Crippen LogP contribution in [-0.2, 0) is 9.59 Å². The summed E-state index contributed by atoms with van der Waals surface area (Å²) in [6.45, 7) is 6.08.